The fourth-order valence-electron chi connectivity index (χ4n) is 1.07. The molecule has 0 N–H and O–H groups in total. The number of rotatable bonds is 3. The second kappa shape index (κ2) is 12.3. The molecule has 0 atom stereocenters. The van der Waals surface area contributed by atoms with Gasteiger partial charge in [-0.25, -0.2) is 12.1 Å². The quantitative estimate of drug-likeness (QED) is 0.435. The molecule has 1 aromatic carbocycles. The van der Waals surface area contributed by atoms with E-state index in [-0.39, 0.29) is 25.0 Å². The zero-order valence-corrected chi connectivity index (χ0v) is 10.8. The molecular weight excluding hydrogens is 227 g/mol. The van der Waals surface area contributed by atoms with Gasteiger partial charge in [0.05, 0.1) is 18.5 Å². The second-order valence-corrected chi connectivity index (χ2v) is 6.39. The van der Waals surface area contributed by atoms with Crippen LogP contribution in [0.25, 0.3) is 0 Å². The minimum atomic E-state index is 0. The molecule has 0 aliphatic carbocycles. The summed E-state index contributed by atoms with van der Waals surface area (Å²) in [5.41, 5.74) is 0. The first-order chi connectivity index (χ1) is 5.85. The molecule has 0 aromatic heterocycles. The van der Waals surface area contributed by atoms with Crippen LogP contribution >= 0.6 is 7.92 Å². The molecule has 0 fully saturated rings. The average Bonchev–Trinajstić information content (AvgIpc) is 2.64. The maximum atomic E-state index is 2.31. The van der Waals surface area contributed by atoms with Crippen molar-refractivity contribution in [2.75, 3.05) is 18.5 Å². The molecule has 0 unspecified atom stereocenters. The maximum absolute atomic E-state index is 2.31. The van der Waals surface area contributed by atoms with Gasteiger partial charge in [0.25, 0.3) is 0 Å². The van der Waals surface area contributed by atoms with Crippen molar-refractivity contribution in [1.29, 1.82) is 0 Å². The van der Waals surface area contributed by atoms with Gasteiger partial charge >= 0.3 is 0 Å². The summed E-state index contributed by atoms with van der Waals surface area (Å²) in [5.74, 6) is 0. The van der Waals surface area contributed by atoms with Gasteiger partial charge in [0.15, 0.2) is 0 Å². The van der Waals surface area contributed by atoms with Crippen LogP contribution in [-0.4, -0.2) is 18.5 Å². The molecule has 0 saturated heterocycles. The fraction of sp³-hybridized carbons (Fsp3) is 0.545. The summed E-state index contributed by atoms with van der Waals surface area (Å²) in [6.07, 6.45) is 4.37. The molecule has 0 bridgehead atoms. The molecule has 13 heavy (non-hydrogen) atoms. The van der Waals surface area contributed by atoms with Crippen LogP contribution in [-0.2, 0) is 17.1 Å². The van der Waals surface area contributed by atoms with E-state index in [1.165, 1.54) is 18.5 Å². The van der Waals surface area contributed by atoms with E-state index < -0.39 is 0 Å². The van der Waals surface area contributed by atoms with Crippen molar-refractivity contribution >= 4 is 7.92 Å². The maximum Gasteiger partial charge on any atom is 0.0543 e. The van der Waals surface area contributed by atoms with Gasteiger partial charge in [-0.05, 0) is 28.7 Å². The summed E-state index contributed by atoms with van der Waals surface area (Å²) < 4.78 is 0. The smallest absolute Gasteiger partial charge is 0.0543 e. The summed E-state index contributed by atoms with van der Waals surface area (Å²) in [6.45, 7) is 6.92. The Kier molecular flexibility index (Phi) is 14.9. The largest absolute Gasteiger partial charge is 0.214 e. The molecule has 0 nitrogen and oxygen atoms in total. The summed E-state index contributed by atoms with van der Waals surface area (Å²) >= 11 is 0. The summed E-state index contributed by atoms with van der Waals surface area (Å²) in [5, 5.41) is 0. The molecular formula is C11H21CuP. The summed E-state index contributed by atoms with van der Waals surface area (Å²) in [7, 11) is 0.137. The van der Waals surface area contributed by atoms with Gasteiger partial charge < -0.3 is 0 Å². The van der Waals surface area contributed by atoms with E-state index in [9.17, 15) is 0 Å². The van der Waals surface area contributed by atoms with Crippen molar-refractivity contribution < 1.29 is 17.1 Å². The van der Waals surface area contributed by atoms with Crippen molar-refractivity contribution in [3.63, 3.8) is 0 Å². The number of hydrogen-bond donors (Lipinski definition) is 0. The molecule has 2 heteroatoms. The van der Waals surface area contributed by atoms with Crippen LogP contribution in [0.1, 0.15) is 20.8 Å². The predicted molar refractivity (Wildman–Crippen MR) is 62.0 cm³/mol. The van der Waals surface area contributed by atoms with Crippen LogP contribution in [0.4, 0.5) is 0 Å². The third kappa shape index (κ3) is 10.2. The molecule has 1 rings (SSSR count). The van der Waals surface area contributed by atoms with Crippen LogP contribution in [0, 0.1) is 0 Å². The van der Waals surface area contributed by atoms with E-state index in [0.29, 0.717) is 0 Å². The van der Waals surface area contributed by atoms with E-state index in [2.05, 4.69) is 20.8 Å². The zero-order valence-electron chi connectivity index (χ0n) is 8.81. The van der Waals surface area contributed by atoms with E-state index in [4.69, 9.17) is 0 Å². The summed E-state index contributed by atoms with van der Waals surface area (Å²) in [6, 6.07) is 10.0. The molecule has 0 amide bonds. The van der Waals surface area contributed by atoms with Crippen LogP contribution in [0.5, 0.6) is 0 Å². The Morgan fingerprint density at radius 1 is 0.923 bits per heavy atom. The third-order valence-electron chi connectivity index (χ3n) is 2.06. The first-order valence-corrected chi connectivity index (χ1v) is 6.97. The molecule has 0 saturated carbocycles. The Morgan fingerprint density at radius 2 is 1.31 bits per heavy atom. The SMILES string of the molecule is CC[PH+](CC)CC.[Cu].c1cc[cH-]c1. The van der Waals surface area contributed by atoms with Gasteiger partial charge in [-0.15, -0.1) is 0 Å². The van der Waals surface area contributed by atoms with Gasteiger partial charge in [0.2, 0.25) is 0 Å². The van der Waals surface area contributed by atoms with Crippen LogP contribution in [0.2, 0.25) is 0 Å². The fourth-order valence-corrected chi connectivity index (χ4v) is 2.57. The monoisotopic (exact) mass is 247 g/mol. The number of hydrogen-bond acceptors (Lipinski definition) is 0. The first-order valence-electron chi connectivity index (χ1n) is 4.85. The van der Waals surface area contributed by atoms with Crippen LogP contribution in [0.3, 0.4) is 0 Å². The Morgan fingerprint density at radius 3 is 1.38 bits per heavy atom. The van der Waals surface area contributed by atoms with Gasteiger partial charge in [0, 0.05) is 17.1 Å². The second-order valence-electron chi connectivity index (χ2n) is 2.77. The van der Waals surface area contributed by atoms with Gasteiger partial charge in [0.1, 0.15) is 0 Å². The predicted octanol–water partition coefficient (Wildman–Crippen LogP) is 3.66. The minimum Gasteiger partial charge on any atom is -0.214 e. The van der Waals surface area contributed by atoms with Crippen LogP contribution < -0.4 is 0 Å². The molecule has 0 spiro atoms. The topological polar surface area (TPSA) is 0 Å². The Hall–Kier alpha value is 0.299. The first kappa shape index (κ1) is 15.8. The Labute approximate surface area is 94.7 Å². The standard InChI is InChI=1S/C6H15P.C5H5.Cu/c1-4-7(5-2)6-3;1-2-4-5-3-1;/h4-6H2,1-3H3;1-5H;/q;-1;/p+1. The Balaban J connectivity index is 0. The van der Waals surface area contributed by atoms with E-state index >= 15 is 0 Å². The van der Waals surface area contributed by atoms with E-state index in [1.54, 1.807) is 0 Å². The molecule has 81 valence electrons. The Bertz CT molecular complexity index is 122. The molecule has 0 heterocycles. The molecule has 0 aliphatic rings. The van der Waals surface area contributed by atoms with E-state index in [0.717, 1.165) is 0 Å². The van der Waals surface area contributed by atoms with Crippen molar-refractivity contribution in [2.24, 2.45) is 0 Å². The van der Waals surface area contributed by atoms with Crippen molar-refractivity contribution in [3.05, 3.63) is 30.3 Å². The van der Waals surface area contributed by atoms with E-state index in [1.807, 2.05) is 30.3 Å². The molecule has 1 aromatic rings. The summed E-state index contributed by atoms with van der Waals surface area (Å²) in [4.78, 5) is 0. The molecule has 1 radical (unpaired) electrons. The normalized spacial score (nSPS) is 8.62. The average molecular weight is 248 g/mol. The minimum absolute atomic E-state index is 0. The van der Waals surface area contributed by atoms with Crippen LogP contribution in [0.15, 0.2) is 30.3 Å². The van der Waals surface area contributed by atoms with Gasteiger partial charge in [-0.3, -0.25) is 0 Å². The van der Waals surface area contributed by atoms with Gasteiger partial charge in [-0.2, -0.15) is 18.2 Å². The zero-order chi connectivity index (χ0) is 9.23. The molecule has 0 aliphatic heterocycles. The van der Waals surface area contributed by atoms with Crippen molar-refractivity contribution in [2.45, 2.75) is 20.8 Å². The van der Waals surface area contributed by atoms with Crippen molar-refractivity contribution in [3.8, 4) is 0 Å². The van der Waals surface area contributed by atoms with Crippen molar-refractivity contribution in [1.82, 2.24) is 0 Å². The van der Waals surface area contributed by atoms with Gasteiger partial charge in [-0.1, -0.05) is 0 Å². The third-order valence-corrected chi connectivity index (χ3v) is 5.06.